The number of sulfonamides is 1. The van der Waals surface area contributed by atoms with Gasteiger partial charge in [-0.05, 0) is 43.2 Å². The fourth-order valence-electron chi connectivity index (χ4n) is 2.62. The maximum Gasteiger partial charge on any atom is 0.212 e. The Hall–Kier alpha value is -0.430. The van der Waals surface area contributed by atoms with E-state index in [-0.39, 0.29) is 11.8 Å². The van der Waals surface area contributed by atoms with Crippen molar-refractivity contribution in [2.24, 2.45) is 11.7 Å². The molecule has 1 aliphatic carbocycles. The van der Waals surface area contributed by atoms with Gasteiger partial charge in [0.1, 0.15) is 0 Å². The molecule has 0 radical (unpaired) electrons. The summed E-state index contributed by atoms with van der Waals surface area (Å²) in [6, 6.07) is 3.96. The second-order valence-corrected chi connectivity index (χ2v) is 8.06. The van der Waals surface area contributed by atoms with Crippen molar-refractivity contribution in [1.29, 1.82) is 0 Å². The summed E-state index contributed by atoms with van der Waals surface area (Å²) in [6.45, 7) is 0.568. The lowest BCUT2D eigenvalue weighted by molar-refractivity contribution is 0.296. The monoisotopic (exact) mass is 302 g/mol. The van der Waals surface area contributed by atoms with Crippen LogP contribution < -0.4 is 10.5 Å². The van der Waals surface area contributed by atoms with Crippen LogP contribution in [0.2, 0.25) is 0 Å². The van der Waals surface area contributed by atoms with Gasteiger partial charge in [0, 0.05) is 10.9 Å². The molecule has 2 rings (SSSR count). The zero-order chi connectivity index (χ0) is 13.7. The molecule has 4 nitrogen and oxygen atoms in total. The summed E-state index contributed by atoms with van der Waals surface area (Å²) >= 11 is 1.60. The van der Waals surface area contributed by atoms with Gasteiger partial charge in [-0.15, -0.1) is 11.3 Å². The van der Waals surface area contributed by atoms with Crippen molar-refractivity contribution in [3.05, 3.63) is 22.4 Å². The molecule has 1 aromatic heterocycles. The SMILES string of the molecule is NCC1CCCCC1NS(=O)(=O)CCc1cccs1. The van der Waals surface area contributed by atoms with Gasteiger partial charge in [0.2, 0.25) is 10.0 Å². The molecule has 0 aromatic carbocycles. The van der Waals surface area contributed by atoms with E-state index in [9.17, 15) is 8.42 Å². The van der Waals surface area contributed by atoms with Crippen molar-refractivity contribution >= 4 is 21.4 Å². The van der Waals surface area contributed by atoms with Crippen LogP contribution in [0.4, 0.5) is 0 Å². The Labute approximate surface area is 119 Å². The van der Waals surface area contributed by atoms with Crippen LogP contribution in [0.25, 0.3) is 0 Å². The number of nitrogens with two attached hydrogens (primary N) is 1. The van der Waals surface area contributed by atoms with E-state index in [4.69, 9.17) is 5.73 Å². The molecular weight excluding hydrogens is 280 g/mol. The van der Waals surface area contributed by atoms with Crippen molar-refractivity contribution in [1.82, 2.24) is 4.72 Å². The van der Waals surface area contributed by atoms with Crippen molar-refractivity contribution < 1.29 is 8.42 Å². The van der Waals surface area contributed by atoms with Gasteiger partial charge in [0.05, 0.1) is 5.75 Å². The predicted octanol–water partition coefficient (Wildman–Crippen LogP) is 1.73. The molecule has 0 amide bonds. The van der Waals surface area contributed by atoms with Crippen LogP contribution in [-0.4, -0.2) is 26.8 Å². The molecule has 1 fully saturated rings. The first-order valence-corrected chi connectivity index (χ1v) is 9.36. The summed E-state index contributed by atoms with van der Waals surface area (Å²) in [4.78, 5) is 1.12. The molecule has 0 bridgehead atoms. The summed E-state index contributed by atoms with van der Waals surface area (Å²) in [5.74, 6) is 0.465. The highest BCUT2D eigenvalue weighted by Gasteiger charge is 2.27. The van der Waals surface area contributed by atoms with E-state index in [0.717, 1.165) is 30.6 Å². The third-order valence-corrected chi connectivity index (χ3v) is 6.08. The minimum atomic E-state index is -3.20. The normalized spacial score (nSPS) is 24.5. The molecule has 19 heavy (non-hydrogen) atoms. The van der Waals surface area contributed by atoms with Gasteiger partial charge in [-0.1, -0.05) is 18.9 Å². The fourth-order valence-corrected chi connectivity index (χ4v) is 4.84. The first-order valence-electron chi connectivity index (χ1n) is 6.83. The third-order valence-electron chi connectivity index (χ3n) is 3.74. The Morgan fingerprint density at radius 1 is 1.37 bits per heavy atom. The molecule has 2 unspecified atom stereocenters. The largest absolute Gasteiger partial charge is 0.330 e. The average molecular weight is 302 g/mol. The number of nitrogens with one attached hydrogen (secondary N) is 1. The molecule has 108 valence electrons. The molecule has 1 aromatic rings. The maximum atomic E-state index is 12.1. The van der Waals surface area contributed by atoms with Crippen LogP contribution >= 0.6 is 11.3 Å². The summed E-state index contributed by atoms with van der Waals surface area (Å²) in [5.41, 5.74) is 5.73. The zero-order valence-electron chi connectivity index (χ0n) is 11.0. The molecule has 6 heteroatoms. The minimum absolute atomic E-state index is 0.0343. The molecule has 0 saturated heterocycles. The van der Waals surface area contributed by atoms with E-state index in [1.54, 1.807) is 11.3 Å². The van der Waals surface area contributed by atoms with Gasteiger partial charge >= 0.3 is 0 Å². The number of hydrogen-bond donors (Lipinski definition) is 2. The molecule has 2 atom stereocenters. The Balaban J connectivity index is 1.88. The van der Waals surface area contributed by atoms with Crippen LogP contribution in [0.15, 0.2) is 17.5 Å². The lowest BCUT2D eigenvalue weighted by Crippen LogP contribution is -2.45. The highest BCUT2D eigenvalue weighted by atomic mass is 32.2. The number of rotatable bonds is 6. The molecule has 0 spiro atoms. The smallest absolute Gasteiger partial charge is 0.212 e. The minimum Gasteiger partial charge on any atom is -0.330 e. The van der Waals surface area contributed by atoms with Crippen LogP contribution in [0, 0.1) is 5.92 Å². The first-order chi connectivity index (χ1) is 9.11. The van der Waals surface area contributed by atoms with Gasteiger partial charge < -0.3 is 5.73 Å². The van der Waals surface area contributed by atoms with E-state index in [0.29, 0.717) is 18.9 Å². The van der Waals surface area contributed by atoms with Crippen LogP contribution in [0.5, 0.6) is 0 Å². The molecule has 3 N–H and O–H groups in total. The lowest BCUT2D eigenvalue weighted by Gasteiger charge is -2.31. The molecule has 1 saturated carbocycles. The average Bonchev–Trinajstić information content (AvgIpc) is 2.90. The Morgan fingerprint density at radius 2 is 2.16 bits per heavy atom. The standard InChI is InChI=1S/C13H22N2O2S2/c14-10-11-4-1-2-6-13(11)15-19(16,17)9-7-12-5-3-8-18-12/h3,5,8,11,13,15H,1-2,4,6-7,9-10,14H2. The van der Waals surface area contributed by atoms with Crippen LogP contribution in [0.3, 0.4) is 0 Å². The van der Waals surface area contributed by atoms with E-state index in [1.165, 1.54) is 0 Å². The van der Waals surface area contributed by atoms with Crippen molar-refractivity contribution in [3.8, 4) is 0 Å². The van der Waals surface area contributed by atoms with Gasteiger partial charge in [-0.3, -0.25) is 0 Å². The van der Waals surface area contributed by atoms with E-state index in [2.05, 4.69) is 4.72 Å². The predicted molar refractivity (Wildman–Crippen MR) is 79.7 cm³/mol. The van der Waals surface area contributed by atoms with Crippen LogP contribution in [0.1, 0.15) is 30.6 Å². The highest BCUT2D eigenvalue weighted by Crippen LogP contribution is 2.24. The van der Waals surface area contributed by atoms with Crippen molar-refractivity contribution in [2.75, 3.05) is 12.3 Å². The van der Waals surface area contributed by atoms with Gasteiger partial charge in [0.15, 0.2) is 0 Å². The maximum absolute atomic E-state index is 12.1. The third kappa shape index (κ3) is 4.56. The summed E-state index contributed by atoms with van der Waals surface area (Å²) in [5, 5.41) is 1.97. The second-order valence-electron chi connectivity index (χ2n) is 5.15. The van der Waals surface area contributed by atoms with Gasteiger partial charge in [-0.25, -0.2) is 13.1 Å². The van der Waals surface area contributed by atoms with E-state index < -0.39 is 10.0 Å². The van der Waals surface area contributed by atoms with Crippen molar-refractivity contribution in [3.63, 3.8) is 0 Å². The van der Waals surface area contributed by atoms with E-state index >= 15 is 0 Å². The lowest BCUT2D eigenvalue weighted by atomic mass is 9.85. The molecule has 0 aliphatic heterocycles. The molecule has 1 heterocycles. The van der Waals surface area contributed by atoms with E-state index in [1.807, 2.05) is 17.5 Å². The summed E-state index contributed by atoms with van der Waals surface area (Å²) in [6.07, 6.45) is 4.80. The van der Waals surface area contributed by atoms with Gasteiger partial charge in [-0.2, -0.15) is 0 Å². The quantitative estimate of drug-likeness (QED) is 0.840. The van der Waals surface area contributed by atoms with Crippen molar-refractivity contribution in [2.45, 2.75) is 38.1 Å². The Kier molecular flexibility index (Phi) is 5.38. The Morgan fingerprint density at radius 3 is 2.84 bits per heavy atom. The topological polar surface area (TPSA) is 72.2 Å². The Bertz CT molecular complexity index is 471. The molecule has 1 aliphatic rings. The first kappa shape index (κ1) is 15.0. The molecular formula is C13H22N2O2S2. The van der Waals surface area contributed by atoms with Gasteiger partial charge in [0.25, 0.3) is 0 Å². The summed E-state index contributed by atoms with van der Waals surface area (Å²) in [7, 11) is -3.20. The highest BCUT2D eigenvalue weighted by molar-refractivity contribution is 7.89. The number of thiophene rings is 1. The summed E-state index contributed by atoms with van der Waals surface area (Å²) < 4.78 is 27.1. The number of aryl methyl sites for hydroxylation is 1. The second kappa shape index (κ2) is 6.83. The van der Waals surface area contributed by atoms with Crippen LogP contribution in [-0.2, 0) is 16.4 Å². The fraction of sp³-hybridized carbons (Fsp3) is 0.692. The zero-order valence-corrected chi connectivity index (χ0v) is 12.7. The number of hydrogen-bond acceptors (Lipinski definition) is 4.